The van der Waals surface area contributed by atoms with E-state index in [9.17, 15) is 9.18 Å². The molecule has 0 bridgehead atoms. The molecule has 1 amide bonds. The second-order valence-corrected chi connectivity index (χ2v) is 7.89. The van der Waals surface area contributed by atoms with Crippen LogP contribution in [0.1, 0.15) is 55.5 Å². The summed E-state index contributed by atoms with van der Waals surface area (Å²) in [4.78, 5) is 14.4. The SMILES string of the molecule is Cc1nn(C)c(C)c1CCC(=O)Nc1ccc(N(C)C2CCCCC2)c(F)c1. The van der Waals surface area contributed by atoms with Gasteiger partial charge >= 0.3 is 0 Å². The average molecular weight is 387 g/mol. The first-order valence-electron chi connectivity index (χ1n) is 10.2. The van der Waals surface area contributed by atoms with E-state index < -0.39 is 0 Å². The van der Waals surface area contributed by atoms with Crippen molar-refractivity contribution in [1.82, 2.24) is 9.78 Å². The number of benzene rings is 1. The Bertz CT molecular complexity index is 839. The molecule has 0 atom stereocenters. The number of rotatable bonds is 6. The number of hydrogen-bond donors (Lipinski definition) is 1. The molecule has 1 saturated carbocycles. The topological polar surface area (TPSA) is 50.2 Å². The Labute approximate surface area is 166 Å². The number of halogens is 1. The predicted octanol–water partition coefficient (Wildman–Crippen LogP) is 4.52. The molecular weight excluding hydrogens is 355 g/mol. The Kier molecular flexibility index (Phi) is 6.37. The molecule has 5 nitrogen and oxygen atoms in total. The summed E-state index contributed by atoms with van der Waals surface area (Å²) < 4.78 is 16.5. The minimum Gasteiger partial charge on any atom is -0.369 e. The first kappa shape index (κ1) is 20.4. The highest BCUT2D eigenvalue weighted by Gasteiger charge is 2.21. The molecule has 1 heterocycles. The van der Waals surface area contributed by atoms with E-state index in [-0.39, 0.29) is 11.7 Å². The first-order valence-corrected chi connectivity index (χ1v) is 10.2. The van der Waals surface area contributed by atoms with E-state index in [1.807, 2.05) is 37.5 Å². The predicted molar refractivity (Wildman–Crippen MR) is 111 cm³/mol. The lowest BCUT2D eigenvalue weighted by molar-refractivity contribution is -0.116. The fraction of sp³-hybridized carbons (Fsp3) is 0.545. The van der Waals surface area contributed by atoms with Crippen LogP contribution in [-0.2, 0) is 18.3 Å². The van der Waals surface area contributed by atoms with Crippen molar-refractivity contribution in [3.63, 3.8) is 0 Å². The van der Waals surface area contributed by atoms with Gasteiger partial charge in [-0.25, -0.2) is 4.39 Å². The van der Waals surface area contributed by atoms with Gasteiger partial charge in [0.1, 0.15) is 5.82 Å². The lowest BCUT2D eigenvalue weighted by Gasteiger charge is -2.33. The van der Waals surface area contributed by atoms with Crippen LogP contribution in [0.5, 0.6) is 0 Å². The number of aromatic nitrogens is 2. The average Bonchev–Trinajstić information content (AvgIpc) is 2.92. The largest absolute Gasteiger partial charge is 0.369 e. The van der Waals surface area contributed by atoms with Gasteiger partial charge in [-0.3, -0.25) is 9.48 Å². The van der Waals surface area contributed by atoms with Crippen molar-refractivity contribution in [1.29, 1.82) is 0 Å². The summed E-state index contributed by atoms with van der Waals surface area (Å²) in [5.74, 6) is -0.403. The third kappa shape index (κ3) is 4.54. The maximum atomic E-state index is 14.7. The number of carbonyl (C=O) groups is 1. The summed E-state index contributed by atoms with van der Waals surface area (Å²) in [6, 6.07) is 5.38. The molecule has 1 aromatic heterocycles. The number of carbonyl (C=O) groups excluding carboxylic acids is 1. The minimum absolute atomic E-state index is 0.115. The molecule has 1 fully saturated rings. The number of amides is 1. The van der Waals surface area contributed by atoms with Gasteiger partial charge in [0.15, 0.2) is 0 Å². The lowest BCUT2D eigenvalue weighted by Crippen LogP contribution is -2.33. The second-order valence-electron chi connectivity index (χ2n) is 7.89. The summed E-state index contributed by atoms with van der Waals surface area (Å²) in [7, 11) is 3.87. The molecule has 1 N–H and O–H groups in total. The zero-order chi connectivity index (χ0) is 20.3. The van der Waals surface area contributed by atoms with Crippen LogP contribution in [0.3, 0.4) is 0 Å². The summed E-state index contributed by atoms with van der Waals surface area (Å²) in [5.41, 5.74) is 4.24. The molecule has 3 rings (SSSR count). The van der Waals surface area contributed by atoms with E-state index in [0.717, 1.165) is 29.8 Å². The van der Waals surface area contributed by atoms with Gasteiger partial charge in [-0.1, -0.05) is 19.3 Å². The van der Waals surface area contributed by atoms with E-state index in [1.54, 1.807) is 12.1 Å². The van der Waals surface area contributed by atoms with Gasteiger partial charge in [-0.05, 0) is 56.9 Å². The molecule has 0 saturated heterocycles. The molecule has 0 unspecified atom stereocenters. The molecule has 0 spiro atoms. The molecule has 152 valence electrons. The Hall–Kier alpha value is -2.37. The summed E-state index contributed by atoms with van der Waals surface area (Å²) in [6.45, 7) is 3.96. The van der Waals surface area contributed by atoms with Crippen LogP contribution in [0.4, 0.5) is 15.8 Å². The van der Waals surface area contributed by atoms with Crippen LogP contribution in [0.2, 0.25) is 0 Å². The van der Waals surface area contributed by atoms with E-state index >= 15 is 0 Å². The van der Waals surface area contributed by atoms with Crippen LogP contribution in [0.15, 0.2) is 18.2 Å². The lowest BCUT2D eigenvalue weighted by atomic mass is 9.94. The van der Waals surface area contributed by atoms with Gasteiger partial charge < -0.3 is 10.2 Å². The van der Waals surface area contributed by atoms with E-state index in [2.05, 4.69) is 10.4 Å². The van der Waals surface area contributed by atoms with Crippen LogP contribution in [0, 0.1) is 19.7 Å². The Morgan fingerprint density at radius 1 is 1.29 bits per heavy atom. The van der Waals surface area contributed by atoms with Gasteiger partial charge in [0.05, 0.1) is 11.4 Å². The normalized spacial score (nSPS) is 14.9. The van der Waals surface area contributed by atoms with Crippen LogP contribution in [0.25, 0.3) is 0 Å². The third-order valence-electron chi connectivity index (χ3n) is 5.99. The van der Waals surface area contributed by atoms with Crippen molar-refractivity contribution >= 4 is 17.3 Å². The third-order valence-corrected chi connectivity index (χ3v) is 5.99. The van der Waals surface area contributed by atoms with Gasteiger partial charge in [0.2, 0.25) is 5.91 Å². The molecule has 1 aliphatic rings. The molecule has 0 aliphatic heterocycles. The zero-order valence-electron chi connectivity index (χ0n) is 17.4. The van der Waals surface area contributed by atoms with Crippen LogP contribution >= 0.6 is 0 Å². The number of anilines is 2. The van der Waals surface area contributed by atoms with E-state index in [0.29, 0.717) is 30.3 Å². The fourth-order valence-electron chi connectivity index (χ4n) is 4.18. The van der Waals surface area contributed by atoms with Crippen molar-refractivity contribution in [2.75, 3.05) is 17.3 Å². The summed E-state index contributed by atoms with van der Waals surface area (Å²) in [5, 5.41) is 7.20. The molecular formula is C22H31FN4O. The quantitative estimate of drug-likeness (QED) is 0.794. The zero-order valence-corrected chi connectivity index (χ0v) is 17.4. The molecule has 28 heavy (non-hydrogen) atoms. The van der Waals surface area contributed by atoms with Crippen LogP contribution < -0.4 is 10.2 Å². The van der Waals surface area contributed by atoms with Crippen molar-refractivity contribution in [2.24, 2.45) is 7.05 Å². The first-order chi connectivity index (χ1) is 13.4. The van der Waals surface area contributed by atoms with Crippen LogP contribution in [-0.4, -0.2) is 28.8 Å². The van der Waals surface area contributed by atoms with Crippen molar-refractivity contribution in [3.8, 4) is 0 Å². The monoisotopic (exact) mass is 386 g/mol. The summed E-state index contributed by atoms with van der Waals surface area (Å²) in [6.07, 6.45) is 6.89. The Morgan fingerprint density at radius 2 is 2.00 bits per heavy atom. The molecule has 0 radical (unpaired) electrons. The van der Waals surface area contributed by atoms with Crippen molar-refractivity contribution < 1.29 is 9.18 Å². The minimum atomic E-state index is -0.287. The highest BCUT2D eigenvalue weighted by molar-refractivity contribution is 5.91. The molecule has 2 aromatic rings. The number of hydrogen-bond acceptors (Lipinski definition) is 3. The van der Waals surface area contributed by atoms with E-state index in [1.165, 1.54) is 25.3 Å². The van der Waals surface area contributed by atoms with Gasteiger partial charge in [-0.2, -0.15) is 5.10 Å². The van der Waals surface area contributed by atoms with Gasteiger partial charge in [-0.15, -0.1) is 0 Å². The molecule has 6 heteroatoms. The maximum absolute atomic E-state index is 14.7. The fourth-order valence-corrected chi connectivity index (χ4v) is 4.18. The highest BCUT2D eigenvalue weighted by atomic mass is 19.1. The standard InChI is InChI=1S/C22H31FN4O/c1-15-19(16(2)27(4)25-15)11-13-22(28)24-17-10-12-21(20(23)14-17)26(3)18-8-6-5-7-9-18/h10,12,14,18H,5-9,11,13H2,1-4H3,(H,24,28). The maximum Gasteiger partial charge on any atom is 0.224 e. The highest BCUT2D eigenvalue weighted by Crippen LogP contribution is 2.29. The Balaban J connectivity index is 1.59. The number of nitrogens with zero attached hydrogens (tertiary/aromatic N) is 3. The van der Waals surface area contributed by atoms with Crippen molar-refractivity contribution in [2.45, 2.75) is 64.8 Å². The second kappa shape index (κ2) is 8.76. The van der Waals surface area contributed by atoms with Crippen molar-refractivity contribution in [3.05, 3.63) is 41.0 Å². The smallest absolute Gasteiger partial charge is 0.224 e. The number of nitrogens with one attached hydrogen (secondary N) is 1. The number of aryl methyl sites for hydroxylation is 2. The van der Waals surface area contributed by atoms with Gasteiger partial charge in [0.25, 0.3) is 0 Å². The molecule has 1 aromatic carbocycles. The summed E-state index contributed by atoms with van der Waals surface area (Å²) >= 11 is 0. The van der Waals surface area contributed by atoms with E-state index in [4.69, 9.17) is 0 Å². The van der Waals surface area contributed by atoms with Gasteiger partial charge in [0, 0.05) is 37.9 Å². The molecule has 1 aliphatic carbocycles. The Morgan fingerprint density at radius 3 is 2.61 bits per heavy atom.